The lowest BCUT2D eigenvalue weighted by Crippen LogP contribution is -2.37. The molecule has 0 bridgehead atoms. The van der Waals surface area contributed by atoms with Crippen LogP contribution in [0.25, 0.3) is 5.69 Å². The number of halogens is 1. The average Bonchev–Trinajstić information content (AvgIpc) is 3.40. The maximum absolute atomic E-state index is 12.8. The molecular weight excluding hydrogens is 480 g/mol. The number of likely N-dealkylation sites (N-methyl/N-ethyl adjacent to an activating group) is 1. The molecule has 1 fully saturated rings. The zero-order valence-corrected chi connectivity index (χ0v) is 19.8. The average molecular weight is 503 g/mol. The van der Waals surface area contributed by atoms with Crippen molar-refractivity contribution in [3.05, 3.63) is 80.4 Å². The Balaban J connectivity index is 0.00000103. The van der Waals surface area contributed by atoms with Crippen molar-refractivity contribution in [1.29, 1.82) is 0 Å². The molecule has 9 nitrogen and oxygen atoms in total. The molecule has 0 spiro atoms. The fraction of sp³-hybridized carbons (Fsp3) is 0.217. The van der Waals surface area contributed by atoms with Gasteiger partial charge in [0, 0.05) is 36.2 Å². The van der Waals surface area contributed by atoms with Gasteiger partial charge in [-0.15, -0.1) is 11.3 Å². The van der Waals surface area contributed by atoms with E-state index in [9.17, 15) is 14.4 Å². The van der Waals surface area contributed by atoms with Gasteiger partial charge in [0.1, 0.15) is 0 Å². The molecule has 2 aromatic heterocycles. The third kappa shape index (κ3) is 6.31. The second kappa shape index (κ2) is 11.6. The molecule has 1 saturated heterocycles. The molecule has 0 saturated carbocycles. The van der Waals surface area contributed by atoms with Crippen LogP contribution >= 0.6 is 22.9 Å². The highest BCUT2D eigenvalue weighted by atomic mass is 35.5. The SMILES string of the molecule is CN1C[C@@H](NC(=O)c2ccc(Cl)s2)C[C@H]1C(=O)Nc1ccc(-n2ccccc2=O)cc1.O=CO. The van der Waals surface area contributed by atoms with Gasteiger partial charge >= 0.3 is 0 Å². The number of carbonyl (C=O) groups is 3. The Morgan fingerprint density at radius 1 is 1.15 bits per heavy atom. The Morgan fingerprint density at radius 3 is 2.47 bits per heavy atom. The highest BCUT2D eigenvalue weighted by molar-refractivity contribution is 7.18. The Labute approximate surface area is 204 Å². The number of nitrogens with zero attached hydrogens (tertiary/aromatic N) is 2. The van der Waals surface area contributed by atoms with E-state index in [1.165, 1.54) is 22.0 Å². The van der Waals surface area contributed by atoms with Gasteiger partial charge in [-0.25, -0.2) is 0 Å². The second-order valence-electron chi connectivity index (χ2n) is 7.52. The first-order valence-corrected chi connectivity index (χ1v) is 11.4. The van der Waals surface area contributed by atoms with Crippen molar-refractivity contribution in [2.75, 3.05) is 18.9 Å². The lowest BCUT2D eigenvalue weighted by molar-refractivity contribution is -0.123. The van der Waals surface area contributed by atoms with Crippen molar-refractivity contribution in [2.24, 2.45) is 0 Å². The van der Waals surface area contributed by atoms with Crippen molar-refractivity contribution >= 4 is 46.9 Å². The molecular formula is C23H23ClN4O5S. The van der Waals surface area contributed by atoms with Crippen molar-refractivity contribution in [3.8, 4) is 5.69 Å². The number of aromatic nitrogens is 1. The summed E-state index contributed by atoms with van der Waals surface area (Å²) in [7, 11) is 1.86. The minimum absolute atomic E-state index is 0.121. The molecule has 3 heterocycles. The van der Waals surface area contributed by atoms with Crippen LogP contribution in [0.3, 0.4) is 0 Å². The smallest absolute Gasteiger partial charge is 0.290 e. The first kappa shape index (κ1) is 25.2. The van der Waals surface area contributed by atoms with Crippen LogP contribution < -0.4 is 16.2 Å². The quantitative estimate of drug-likeness (QED) is 0.461. The van der Waals surface area contributed by atoms with Crippen molar-refractivity contribution in [3.63, 3.8) is 0 Å². The number of likely N-dealkylation sites (tertiary alicyclic amines) is 1. The molecule has 11 heteroatoms. The van der Waals surface area contributed by atoms with Gasteiger partial charge in [-0.1, -0.05) is 17.7 Å². The first-order valence-electron chi connectivity index (χ1n) is 10.3. The van der Waals surface area contributed by atoms with Crippen LogP contribution in [-0.4, -0.2) is 58.5 Å². The van der Waals surface area contributed by atoms with Gasteiger partial charge in [0.2, 0.25) is 5.91 Å². The number of nitrogens with one attached hydrogen (secondary N) is 2. The summed E-state index contributed by atoms with van der Waals surface area (Å²) in [6.45, 7) is 0.332. The largest absolute Gasteiger partial charge is 0.483 e. The Morgan fingerprint density at radius 2 is 1.85 bits per heavy atom. The number of rotatable bonds is 5. The number of benzene rings is 1. The van der Waals surface area contributed by atoms with Crippen LogP contribution in [0.5, 0.6) is 0 Å². The van der Waals surface area contributed by atoms with Gasteiger partial charge < -0.3 is 15.7 Å². The lowest BCUT2D eigenvalue weighted by Gasteiger charge is -2.18. The van der Waals surface area contributed by atoms with E-state index in [0.29, 0.717) is 27.9 Å². The minimum atomic E-state index is -0.353. The summed E-state index contributed by atoms with van der Waals surface area (Å²) in [6.07, 6.45) is 2.21. The van der Waals surface area contributed by atoms with E-state index < -0.39 is 0 Å². The number of carbonyl (C=O) groups excluding carboxylic acids is 2. The van der Waals surface area contributed by atoms with Crippen LogP contribution in [0.2, 0.25) is 4.34 Å². The molecule has 34 heavy (non-hydrogen) atoms. The molecule has 0 aliphatic carbocycles. The fourth-order valence-corrected chi connectivity index (χ4v) is 4.62. The molecule has 2 atom stereocenters. The second-order valence-corrected chi connectivity index (χ2v) is 9.23. The molecule has 1 aromatic carbocycles. The Hall–Kier alpha value is -3.47. The predicted molar refractivity (Wildman–Crippen MR) is 131 cm³/mol. The maximum Gasteiger partial charge on any atom is 0.290 e. The van der Waals surface area contributed by atoms with Crippen LogP contribution in [0.4, 0.5) is 5.69 Å². The van der Waals surface area contributed by atoms with E-state index >= 15 is 0 Å². The third-order valence-electron chi connectivity index (χ3n) is 5.22. The first-order chi connectivity index (χ1) is 16.3. The van der Waals surface area contributed by atoms with Gasteiger partial charge in [-0.3, -0.25) is 28.6 Å². The molecule has 2 amide bonds. The number of pyridine rings is 1. The van der Waals surface area contributed by atoms with Crippen molar-refractivity contribution in [1.82, 2.24) is 14.8 Å². The highest BCUT2D eigenvalue weighted by Crippen LogP contribution is 2.23. The predicted octanol–water partition coefficient (Wildman–Crippen LogP) is 2.69. The van der Waals surface area contributed by atoms with Gasteiger partial charge in [0.15, 0.2) is 0 Å². The molecule has 1 aliphatic rings. The summed E-state index contributed by atoms with van der Waals surface area (Å²) in [5.41, 5.74) is 1.25. The Bertz CT molecular complexity index is 1210. The normalized spacial score (nSPS) is 17.4. The van der Waals surface area contributed by atoms with Gasteiger partial charge in [0.05, 0.1) is 15.3 Å². The zero-order chi connectivity index (χ0) is 24.7. The van der Waals surface area contributed by atoms with E-state index in [0.717, 1.165) is 5.69 Å². The van der Waals surface area contributed by atoms with Crippen molar-refractivity contribution in [2.45, 2.75) is 18.5 Å². The van der Waals surface area contributed by atoms with Gasteiger partial charge in [0.25, 0.3) is 17.9 Å². The standard InChI is InChI=1S/C22H21ClN4O3S.CH2O2/c1-26-13-15(25-22(30)18-9-10-19(23)31-18)12-17(26)21(29)24-14-5-7-16(8-6-14)27-11-3-2-4-20(27)28;2-1-3/h2-11,15,17H,12-13H2,1H3,(H,24,29)(H,25,30);1H,(H,2,3)/t15-,17-;/m0./s1. The number of carboxylic acid groups (broad SMARTS) is 1. The summed E-state index contributed by atoms with van der Waals surface area (Å²) in [5, 5.41) is 12.8. The van der Waals surface area contributed by atoms with E-state index in [1.54, 1.807) is 54.7 Å². The monoisotopic (exact) mass is 502 g/mol. The molecule has 1 aliphatic heterocycles. The summed E-state index contributed by atoms with van der Waals surface area (Å²) >= 11 is 7.13. The lowest BCUT2D eigenvalue weighted by atomic mass is 10.1. The van der Waals surface area contributed by atoms with E-state index in [4.69, 9.17) is 21.5 Å². The molecule has 4 rings (SSSR count). The number of hydrogen-bond acceptors (Lipinski definition) is 6. The van der Waals surface area contributed by atoms with Crippen LogP contribution in [0, 0.1) is 0 Å². The number of hydrogen-bond donors (Lipinski definition) is 3. The molecule has 0 radical (unpaired) electrons. The summed E-state index contributed by atoms with van der Waals surface area (Å²) < 4.78 is 2.10. The third-order valence-corrected chi connectivity index (χ3v) is 6.45. The fourth-order valence-electron chi connectivity index (χ4n) is 3.68. The van der Waals surface area contributed by atoms with Gasteiger partial charge in [-0.05, 0) is 55.9 Å². The van der Waals surface area contributed by atoms with E-state index in [1.807, 2.05) is 11.9 Å². The minimum Gasteiger partial charge on any atom is -0.483 e. The Kier molecular flexibility index (Phi) is 8.58. The topological polar surface area (TPSA) is 121 Å². The molecule has 178 valence electrons. The summed E-state index contributed by atoms with van der Waals surface area (Å²) in [6, 6.07) is 15.0. The molecule has 0 unspecified atom stereocenters. The molecule has 3 aromatic rings. The van der Waals surface area contributed by atoms with E-state index in [2.05, 4.69) is 10.6 Å². The van der Waals surface area contributed by atoms with Gasteiger partial charge in [-0.2, -0.15) is 0 Å². The summed E-state index contributed by atoms with van der Waals surface area (Å²) in [5.74, 6) is -0.314. The van der Waals surface area contributed by atoms with E-state index in [-0.39, 0.29) is 35.9 Å². The number of anilines is 1. The highest BCUT2D eigenvalue weighted by Gasteiger charge is 2.35. The summed E-state index contributed by atoms with van der Waals surface area (Å²) in [4.78, 5) is 47.9. The van der Waals surface area contributed by atoms with Crippen molar-refractivity contribution < 1.29 is 19.5 Å². The zero-order valence-electron chi connectivity index (χ0n) is 18.2. The number of amides is 2. The van der Waals surface area contributed by atoms with Crippen LogP contribution in [-0.2, 0) is 9.59 Å². The van der Waals surface area contributed by atoms with Crippen LogP contribution in [0.1, 0.15) is 16.1 Å². The number of thiophene rings is 1. The van der Waals surface area contributed by atoms with Crippen LogP contribution in [0.15, 0.2) is 65.6 Å². The molecule has 3 N–H and O–H groups in total. The maximum atomic E-state index is 12.8.